The zero-order valence-electron chi connectivity index (χ0n) is 15.2. The highest BCUT2D eigenvalue weighted by molar-refractivity contribution is 6.34. The predicted octanol–water partition coefficient (Wildman–Crippen LogP) is 4.16. The lowest BCUT2D eigenvalue weighted by Gasteiger charge is -2.44. The van der Waals surface area contributed by atoms with Gasteiger partial charge < -0.3 is 20.2 Å². The van der Waals surface area contributed by atoms with E-state index in [1.165, 1.54) is 19.3 Å². The van der Waals surface area contributed by atoms with Crippen molar-refractivity contribution < 1.29 is 9.52 Å². The number of nitrogens with one attached hydrogen (secondary N) is 2. The minimum Gasteiger partial charge on any atom is -0.459 e. The molecular formula is C20H26ClN3O2. The van der Waals surface area contributed by atoms with Crippen molar-refractivity contribution >= 4 is 28.3 Å². The smallest absolute Gasteiger partial charge is 0.142 e. The molecule has 0 radical (unpaired) electrons. The molecule has 0 saturated heterocycles. The van der Waals surface area contributed by atoms with Crippen LogP contribution in [0, 0.1) is 0 Å². The van der Waals surface area contributed by atoms with Gasteiger partial charge >= 0.3 is 0 Å². The fraction of sp³-hybridized carbons (Fsp3) is 0.500. The van der Waals surface area contributed by atoms with Crippen LogP contribution in [-0.2, 0) is 12.1 Å². The van der Waals surface area contributed by atoms with E-state index in [0.717, 1.165) is 46.6 Å². The Morgan fingerprint density at radius 1 is 1.31 bits per heavy atom. The van der Waals surface area contributed by atoms with Crippen molar-refractivity contribution in [2.45, 2.75) is 44.2 Å². The molecule has 1 aliphatic carbocycles. The van der Waals surface area contributed by atoms with E-state index in [9.17, 15) is 0 Å². The molecule has 26 heavy (non-hydrogen) atoms. The zero-order valence-corrected chi connectivity index (χ0v) is 16.0. The van der Waals surface area contributed by atoms with Gasteiger partial charge in [0, 0.05) is 17.5 Å². The molecule has 0 unspecified atom stereocenters. The first-order chi connectivity index (χ1) is 12.5. The van der Waals surface area contributed by atoms with Gasteiger partial charge in [-0.15, -0.1) is 0 Å². The zero-order chi connectivity index (χ0) is 18.3. The number of nitrogens with zero attached hydrogens (tertiary/aromatic N) is 1. The Bertz CT molecular complexity index is 839. The first-order valence-corrected chi connectivity index (χ1v) is 9.69. The van der Waals surface area contributed by atoms with Gasteiger partial charge in [-0.25, -0.2) is 0 Å². The molecule has 6 heteroatoms. The van der Waals surface area contributed by atoms with Crippen LogP contribution in [0.2, 0.25) is 5.02 Å². The molecule has 140 valence electrons. The fourth-order valence-electron chi connectivity index (χ4n) is 4.44. The number of aliphatic hydroxyl groups is 1. The van der Waals surface area contributed by atoms with Gasteiger partial charge in [0.1, 0.15) is 11.3 Å². The second-order valence-corrected chi connectivity index (χ2v) is 7.98. The molecular weight excluding hydrogens is 350 g/mol. The molecule has 1 spiro atoms. The normalized spacial score (nSPS) is 18.8. The molecule has 1 aliphatic heterocycles. The average Bonchev–Trinajstić information content (AvgIpc) is 2.97. The monoisotopic (exact) mass is 375 g/mol. The van der Waals surface area contributed by atoms with Crippen molar-refractivity contribution in [2.24, 2.45) is 0 Å². The maximum atomic E-state index is 9.13. The Morgan fingerprint density at radius 2 is 2.08 bits per heavy atom. The second kappa shape index (κ2) is 6.80. The molecule has 2 heterocycles. The number of fused-ring (bicyclic) bond motifs is 4. The summed E-state index contributed by atoms with van der Waals surface area (Å²) in [5.41, 5.74) is 2.81. The van der Waals surface area contributed by atoms with Gasteiger partial charge in [-0.05, 0) is 32.0 Å². The van der Waals surface area contributed by atoms with Crippen molar-refractivity contribution in [3.63, 3.8) is 0 Å². The number of anilines is 1. The number of halogens is 1. The first kappa shape index (κ1) is 17.7. The van der Waals surface area contributed by atoms with Crippen molar-refractivity contribution in [3.8, 4) is 0 Å². The molecule has 2 aliphatic rings. The van der Waals surface area contributed by atoms with Crippen molar-refractivity contribution in [1.29, 1.82) is 0 Å². The average molecular weight is 376 g/mol. The summed E-state index contributed by atoms with van der Waals surface area (Å²) in [6.07, 6.45) is 5.73. The summed E-state index contributed by atoms with van der Waals surface area (Å²) in [5.74, 6) is 1.69. The highest BCUT2D eigenvalue weighted by Crippen LogP contribution is 2.49. The lowest BCUT2D eigenvalue weighted by atomic mass is 9.74. The largest absolute Gasteiger partial charge is 0.459 e. The number of furan rings is 1. The van der Waals surface area contributed by atoms with Crippen LogP contribution < -0.4 is 10.6 Å². The number of hydrogen-bond donors (Lipinski definition) is 3. The lowest BCUT2D eigenvalue weighted by molar-refractivity contribution is 0.209. The number of aliphatic hydroxyl groups excluding tert-OH is 1. The van der Waals surface area contributed by atoms with Crippen LogP contribution in [0.4, 0.5) is 5.69 Å². The lowest BCUT2D eigenvalue weighted by Crippen LogP contribution is -2.48. The number of hydrogen-bond acceptors (Lipinski definition) is 5. The second-order valence-electron chi connectivity index (χ2n) is 7.57. The Balaban J connectivity index is 1.84. The number of rotatable bonds is 4. The summed E-state index contributed by atoms with van der Waals surface area (Å²) in [4.78, 5) is 2.04. The molecule has 0 amide bonds. The molecule has 4 rings (SSSR count). The highest BCUT2D eigenvalue weighted by Gasteiger charge is 2.42. The Hall–Kier alpha value is -1.69. The van der Waals surface area contributed by atoms with Gasteiger partial charge in [-0.3, -0.25) is 4.90 Å². The van der Waals surface area contributed by atoms with Crippen molar-refractivity contribution in [1.82, 2.24) is 10.2 Å². The van der Waals surface area contributed by atoms with Crippen molar-refractivity contribution in [2.75, 3.05) is 25.5 Å². The van der Waals surface area contributed by atoms with E-state index in [4.69, 9.17) is 21.1 Å². The summed E-state index contributed by atoms with van der Waals surface area (Å²) in [6, 6.07) is 4.03. The maximum absolute atomic E-state index is 9.13. The molecule has 0 atom stereocenters. The van der Waals surface area contributed by atoms with E-state index in [2.05, 4.69) is 23.3 Å². The van der Waals surface area contributed by atoms with Gasteiger partial charge in [0.15, 0.2) is 0 Å². The third-order valence-electron chi connectivity index (χ3n) is 5.57. The quantitative estimate of drug-likeness (QED) is 0.749. The third-order valence-corrected chi connectivity index (χ3v) is 5.87. The van der Waals surface area contributed by atoms with E-state index < -0.39 is 0 Å². The van der Waals surface area contributed by atoms with Crippen molar-refractivity contribution in [3.05, 3.63) is 40.9 Å². The van der Waals surface area contributed by atoms with Crippen LogP contribution in [-0.4, -0.2) is 30.2 Å². The summed E-state index contributed by atoms with van der Waals surface area (Å²) in [6.45, 7) is 5.51. The molecule has 1 fully saturated rings. The van der Waals surface area contributed by atoms with E-state index in [0.29, 0.717) is 18.1 Å². The predicted molar refractivity (Wildman–Crippen MR) is 105 cm³/mol. The number of benzene rings is 1. The van der Waals surface area contributed by atoms with Gasteiger partial charge in [-0.1, -0.05) is 37.4 Å². The van der Waals surface area contributed by atoms with E-state index in [1.54, 1.807) is 0 Å². The van der Waals surface area contributed by atoms with Gasteiger partial charge in [0.25, 0.3) is 0 Å². The van der Waals surface area contributed by atoms with Gasteiger partial charge in [-0.2, -0.15) is 0 Å². The van der Waals surface area contributed by atoms with Crippen LogP contribution in [0.15, 0.2) is 28.9 Å². The molecule has 0 bridgehead atoms. The summed E-state index contributed by atoms with van der Waals surface area (Å²) < 4.78 is 6.31. The molecule has 3 N–H and O–H groups in total. The SMILES string of the molecule is C=C1Nc2c(Cl)cc3cc(CN(C)CCO)oc3c2C2(CCCCC2)N1. The minimum atomic E-state index is -0.162. The standard InChI is InChI=1S/C20H26ClN3O2/c1-13-22-18-16(21)11-14-10-15(12-24(2)8-9-25)26-19(14)17(18)20(23-13)6-4-3-5-7-20/h10-11,22-23,25H,1,3-9,12H2,2H3. The number of likely N-dealkylation sites (N-methyl/N-ethyl adjacent to an activating group) is 1. The summed E-state index contributed by atoms with van der Waals surface area (Å²) in [5, 5.41) is 17.8. The minimum absolute atomic E-state index is 0.136. The fourth-order valence-corrected chi connectivity index (χ4v) is 4.70. The Kier molecular flexibility index (Phi) is 4.63. The van der Waals surface area contributed by atoms with Gasteiger partial charge in [0.05, 0.1) is 35.2 Å². The van der Waals surface area contributed by atoms with Crippen LogP contribution in [0.3, 0.4) is 0 Å². The van der Waals surface area contributed by atoms with Crippen LogP contribution >= 0.6 is 11.6 Å². The van der Waals surface area contributed by atoms with E-state index in [-0.39, 0.29) is 12.1 Å². The van der Waals surface area contributed by atoms with Gasteiger partial charge in [0.2, 0.25) is 0 Å². The van der Waals surface area contributed by atoms with E-state index in [1.807, 2.05) is 18.0 Å². The molecule has 1 aromatic heterocycles. The summed E-state index contributed by atoms with van der Waals surface area (Å²) >= 11 is 6.64. The highest BCUT2D eigenvalue weighted by atomic mass is 35.5. The topological polar surface area (TPSA) is 60.7 Å². The van der Waals surface area contributed by atoms with Crippen LogP contribution in [0.5, 0.6) is 0 Å². The first-order valence-electron chi connectivity index (χ1n) is 9.31. The molecule has 1 saturated carbocycles. The Morgan fingerprint density at radius 3 is 2.81 bits per heavy atom. The van der Waals surface area contributed by atoms with Crippen LogP contribution in [0.1, 0.15) is 43.4 Å². The van der Waals surface area contributed by atoms with E-state index >= 15 is 0 Å². The summed E-state index contributed by atoms with van der Waals surface area (Å²) in [7, 11) is 1.97. The van der Waals surface area contributed by atoms with Crippen LogP contribution in [0.25, 0.3) is 11.0 Å². The molecule has 5 nitrogen and oxygen atoms in total. The third kappa shape index (κ3) is 2.98. The molecule has 1 aromatic carbocycles. The Labute approximate surface area is 159 Å². The molecule has 2 aromatic rings. The maximum Gasteiger partial charge on any atom is 0.142 e.